The molecule has 2 aliphatic rings. The average molecular weight is 518 g/mol. The number of nitrogens with one attached hydrogen (secondary N) is 1. The molecule has 1 aliphatic carbocycles. The van der Waals surface area contributed by atoms with E-state index in [1.165, 1.54) is 16.7 Å². The van der Waals surface area contributed by atoms with Crippen molar-refractivity contribution in [3.05, 3.63) is 80.7 Å². The molecule has 0 bridgehead atoms. The van der Waals surface area contributed by atoms with Crippen LogP contribution in [0.1, 0.15) is 74.3 Å². The maximum Gasteiger partial charge on any atom is 0.336 e. The minimum Gasteiger partial charge on any atom is -0.493 e. The van der Waals surface area contributed by atoms with Crippen LogP contribution in [0.3, 0.4) is 0 Å². The molecule has 0 aromatic heterocycles. The van der Waals surface area contributed by atoms with Crippen molar-refractivity contribution in [1.29, 1.82) is 0 Å². The molecule has 0 saturated heterocycles. The third-order valence-electron chi connectivity index (χ3n) is 7.47. The summed E-state index contributed by atoms with van der Waals surface area (Å²) in [6.45, 7) is 14.8. The van der Waals surface area contributed by atoms with Crippen molar-refractivity contribution in [3.63, 3.8) is 0 Å². The Morgan fingerprint density at radius 1 is 1.03 bits per heavy atom. The van der Waals surface area contributed by atoms with Gasteiger partial charge in [-0.3, -0.25) is 4.79 Å². The van der Waals surface area contributed by atoms with E-state index in [1.807, 2.05) is 25.1 Å². The molecule has 38 heavy (non-hydrogen) atoms. The molecule has 2 aromatic rings. The average Bonchev–Trinajstić information content (AvgIpc) is 2.81. The third-order valence-corrected chi connectivity index (χ3v) is 7.47. The summed E-state index contributed by atoms with van der Waals surface area (Å²) in [4.78, 5) is 26.7. The number of methoxy groups -OCH3 is 1. The molecular formula is C32H39NO5. The lowest BCUT2D eigenvalue weighted by Crippen LogP contribution is -2.38. The Bertz CT molecular complexity index is 1320. The molecule has 0 spiro atoms. The highest BCUT2D eigenvalue weighted by atomic mass is 16.5. The summed E-state index contributed by atoms with van der Waals surface area (Å²) in [6, 6.07) is 9.98. The summed E-state index contributed by atoms with van der Waals surface area (Å²) >= 11 is 0. The van der Waals surface area contributed by atoms with E-state index in [0.29, 0.717) is 41.4 Å². The number of carbonyl (C=O) groups excluding carboxylic acids is 2. The lowest BCUT2D eigenvalue weighted by Gasteiger charge is -2.39. The van der Waals surface area contributed by atoms with Gasteiger partial charge in [0.15, 0.2) is 17.3 Å². The molecule has 1 aliphatic heterocycles. The van der Waals surface area contributed by atoms with Gasteiger partial charge in [-0.15, -0.1) is 0 Å². The fraction of sp³-hybridized carbons (Fsp3) is 0.438. The van der Waals surface area contributed by atoms with Gasteiger partial charge in [0.05, 0.1) is 19.3 Å². The first kappa shape index (κ1) is 27.5. The normalized spacial score (nSPS) is 18.6. The highest BCUT2D eigenvalue weighted by molar-refractivity contribution is 6.04. The molecular weight excluding hydrogens is 478 g/mol. The fourth-order valence-electron chi connectivity index (χ4n) is 5.82. The third kappa shape index (κ3) is 5.35. The molecule has 6 nitrogen and oxygen atoms in total. The van der Waals surface area contributed by atoms with Gasteiger partial charge in [0, 0.05) is 29.3 Å². The van der Waals surface area contributed by atoms with Crippen LogP contribution in [0.2, 0.25) is 0 Å². The van der Waals surface area contributed by atoms with Crippen LogP contribution >= 0.6 is 0 Å². The van der Waals surface area contributed by atoms with Crippen molar-refractivity contribution >= 4 is 11.8 Å². The van der Waals surface area contributed by atoms with Crippen LogP contribution in [0.15, 0.2) is 52.9 Å². The van der Waals surface area contributed by atoms with Gasteiger partial charge in [-0.05, 0) is 80.8 Å². The van der Waals surface area contributed by atoms with Crippen LogP contribution in [0.4, 0.5) is 0 Å². The SMILES string of the molecule is CCOC(=O)C1=C(C)NC2=C(C(=O)CC(C)(C)C2)C1c1ccc(OCc2c(C)cc(C)cc2C)c(OC)c1. The van der Waals surface area contributed by atoms with E-state index in [0.717, 1.165) is 23.2 Å². The van der Waals surface area contributed by atoms with Crippen LogP contribution in [-0.2, 0) is 20.9 Å². The molecule has 0 fully saturated rings. The van der Waals surface area contributed by atoms with E-state index in [-0.39, 0.29) is 17.8 Å². The summed E-state index contributed by atoms with van der Waals surface area (Å²) in [5.74, 6) is 0.241. The Labute approximate surface area is 226 Å². The van der Waals surface area contributed by atoms with Crippen molar-refractivity contribution in [2.45, 2.75) is 73.8 Å². The number of ketones is 1. The summed E-state index contributed by atoms with van der Waals surface area (Å²) in [5.41, 5.74) is 8.07. The number of hydrogen-bond acceptors (Lipinski definition) is 6. The van der Waals surface area contributed by atoms with Crippen molar-refractivity contribution in [3.8, 4) is 11.5 Å². The Hall–Kier alpha value is -3.54. The Morgan fingerprint density at radius 2 is 1.71 bits per heavy atom. The van der Waals surface area contributed by atoms with Gasteiger partial charge >= 0.3 is 5.97 Å². The first-order valence-electron chi connectivity index (χ1n) is 13.2. The number of rotatable bonds is 7. The van der Waals surface area contributed by atoms with Crippen LogP contribution in [0.25, 0.3) is 0 Å². The summed E-state index contributed by atoms with van der Waals surface area (Å²) in [7, 11) is 1.60. The van der Waals surface area contributed by atoms with Gasteiger partial charge in [-0.2, -0.15) is 0 Å². The fourth-order valence-corrected chi connectivity index (χ4v) is 5.82. The van der Waals surface area contributed by atoms with Gasteiger partial charge in [0.1, 0.15) is 6.61 Å². The van der Waals surface area contributed by atoms with Crippen molar-refractivity contribution < 1.29 is 23.8 Å². The number of hydrogen-bond donors (Lipinski definition) is 1. The highest BCUT2D eigenvalue weighted by Gasteiger charge is 2.43. The number of benzene rings is 2. The second-order valence-corrected chi connectivity index (χ2v) is 11.2. The number of carbonyl (C=O) groups is 2. The maximum absolute atomic E-state index is 13.5. The van der Waals surface area contributed by atoms with E-state index in [2.05, 4.69) is 52.1 Å². The monoisotopic (exact) mass is 517 g/mol. The van der Waals surface area contributed by atoms with Crippen LogP contribution in [0, 0.1) is 26.2 Å². The molecule has 2 aromatic carbocycles. The molecule has 1 heterocycles. The predicted octanol–water partition coefficient (Wildman–Crippen LogP) is 6.37. The molecule has 1 N–H and O–H groups in total. The van der Waals surface area contributed by atoms with Gasteiger partial charge < -0.3 is 19.5 Å². The van der Waals surface area contributed by atoms with Gasteiger partial charge in [-0.1, -0.05) is 37.6 Å². The molecule has 4 rings (SSSR count). The molecule has 202 valence electrons. The zero-order valence-electron chi connectivity index (χ0n) is 23.8. The quantitative estimate of drug-likeness (QED) is 0.431. The minimum absolute atomic E-state index is 0.0488. The van der Waals surface area contributed by atoms with Crippen molar-refractivity contribution in [2.24, 2.45) is 5.41 Å². The number of dihydropyridines is 1. The zero-order chi connectivity index (χ0) is 27.8. The van der Waals surface area contributed by atoms with Gasteiger partial charge in [-0.25, -0.2) is 4.79 Å². The first-order valence-corrected chi connectivity index (χ1v) is 13.2. The predicted molar refractivity (Wildman–Crippen MR) is 148 cm³/mol. The van der Waals surface area contributed by atoms with E-state index in [9.17, 15) is 9.59 Å². The number of ether oxygens (including phenoxy) is 3. The zero-order valence-corrected chi connectivity index (χ0v) is 23.8. The van der Waals surface area contributed by atoms with Gasteiger partial charge in [0.2, 0.25) is 0 Å². The smallest absolute Gasteiger partial charge is 0.336 e. The number of esters is 1. The molecule has 1 atom stereocenters. The van der Waals surface area contributed by atoms with E-state index < -0.39 is 11.9 Å². The molecule has 1 unspecified atom stereocenters. The standard InChI is InChI=1S/C32H39NO5/c1-9-37-31(35)28-21(5)33-24-15-32(6,7)16-25(34)30(24)29(28)22-10-11-26(27(14-22)36-8)38-17-23-19(3)12-18(2)13-20(23)4/h10-14,29,33H,9,15-17H2,1-8H3. The largest absolute Gasteiger partial charge is 0.493 e. The summed E-state index contributed by atoms with van der Waals surface area (Å²) in [6.07, 6.45) is 1.15. The second kappa shape index (κ2) is 10.7. The van der Waals surface area contributed by atoms with Crippen LogP contribution in [-0.4, -0.2) is 25.5 Å². The topological polar surface area (TPSA) is 73.9 Å². The van der Waals surface area contributed by atoms with Crippen LogP contribution < -0.4 is 14.8 Å². The molecule has 6 heteroatoms. The molecule has 0 saturated carbocycles. The Balaban J connectivity index is 1.75. The lowest BCUT2D eigenvalue weighted by molar-refractivity contribution is -0.138. The highest BCUT2D eigenvalue weighted by Crippen LogP contribution is 2.48. The van der Waals surface area contributed by atoms with E-state index in [1.54, 1.807) is 14.0 Å². The molecule has 0 radical (unpaired) electrons. The number of aryl methyl sites for hydroxylation is 3. The number of Topliss-reactive ketones (excluding diaryl/α,β-unsaturated/α-hetero) is 1. The minimum atomic E-state index is -0.543. The van der Waals surface area contributed by atoms with Crippen LogP contribution in [0.5, 0.6) is 11.5 Å². The summed E-state index contributed by atoms with van der Waals surface area (Å²) < 4.78 is 17.4. The molecule has 0 amide bonds. The maximum atomic E-state index is 13.5. The first-order chi connectivity index (χ1) is 18.0. The Morgan fingerprint density at radius 3 is 2.34 bits per heavy atom. The lowest BCUT2D eigenvalue weighted by atomic mass is 9.68. The second-order valence-electron chi connectivity index (χ2n) is 11.2. The Kier molecular flexibility index (Phi) is 7.73. The van der Waals surface area contributed by atoms with Crippen molar-refractivity contribution in [2.75, 3.05) is 13.7 Å². The van der Waals surface area contributed by atoms with Crippen molar-refractivity contribution in [1.82, 2.24) is 5.32 Å². The van der Waals surface area contributed by atoms with E-state index in [4.69, 9.17) is 14.2 Å². The van der Waals surface area contributed by atoms with E-state index >= 15 is 0 Å². The number of allylic oxidation sites excluding steroid dienone is 3. The van der Waals surface area contributed by atoms with Gasteiger partial charge in [0.25, 0.3) is 0 Å². The summed E-state index contributed by atoms with van der Waals surface area (Å²) in [5, 5.41) is 3.37.